The molecule has 9 nitrogen and oxygen atoms in total. The molecule has 29 heavy (non-hydrogen) atoms. The van der Waals surface area contributed by atoms with Crippen molar-refractivity contribution in [3.05, 3.63) is 69.2 Å². The molecule has 0 bridgehead atoms. The smallest absolute Gasteiger partial charge is 0.270 e. The first-order valence-electron chi connectivity index (χ1n) is 8.25. The van der Waals surface area contributed by atoms with E-state index in [4.69, 9.17) is 11.6 Å². The van der Waals surface area contributed by atoms with Crippen molar-refractivity contribution in [2.45, 2.75) is 11.4 Å². The van der Waals surface area contributed by atoms with Gasteiger partial charge in [-0.2, -0.15) is 0 Å². The van der Waals surface area contributed by atoms with Crippen molar-refractivity contribution in [3.63, 3.8) is 0 Å². The Labute approximate surface area is 191 Å². The zero-order valence-electron chi connectivity index (χ0n) is 15.5. The maximum atomic E-state index is 12.2. The predicted molar refractivity (Wildman–Crippen MR) is 123 cm³/mol. The quantitative estimate of drug-likeness (QED) is 0.115. The summed E-state index contributed by atoms with van der Waals surface area (Å²) in [4.78, 5) is 14.0. The molecule has 0 radical (unpaired) electrons. The molecule has 0 amide bonds. The van der Waals surface area contributed by atoms with Crippen LogP contribution in [0, 0.1) is 10.1 Å². The van der Waals surface area contributed by atoms with Crippen LogP contribution in [-0.4, -0.2) is 39.4 Å². The first-order chi connectivity index (χ1) is 13.3. The SMILES string of the molecule is CN=C(NCCNS(=O)(=O)c1cccc([N+](=O)[O-])c1)NCc1cccc(Cl)c1.I. The number of nitro groups is 1. The van der Waals surface area contributed by atoms with E-state index in [-0.39, 0.29) is 47.6 Å². The molecule has 0 aromatic heterocycles. The van der Waals surface area contributed by atoms with Gasteiger partial charge in [-0.25, -0.2) is 13.1 Å². The highest BCUT2D eigenvalue weighted by atomic mass is 127. The van der Waals surface area contributed by atoms with Crippen LogP contribution in [-0.2, 0) is 16.6 Å². The molecule has 2 aromatic rings. The van der Waals surface area contributed by atoms with Crippen LogP contribution in [0.3, 0.4) is 0 Å². The van der Waals surface area contributed by atoms with Gasteiger partial charge in [0.2, 0.25) is 10.0 Å². The molecule has 158 valence electrons. The van der Waals surface area contributed by atoms with Crippen molar-refractivity contribution in [3.8, 4) is 0 Å². The van der Waals surface area contributed by atoms with Crippen molar-refractivity contribution in [1.29, 1.82) is 0 Å². The molecule has 0 fully saturated rings. The van der Waals surface area contributed by atoms with Gasteiger partial charge in [0.15, 0.2) is 5.96 Å². The topological polar surface area (TPSA) is 126 Å². The van der Waals surface area contributed by atoms with Gasteiger partial charge in [-0.1, -0.05) is 29.8 Å². The number of aliphatic imine (C=N–C) groups is 1. The molecule has 0 aliphatic rings. The van der Waals surface area contributed by atoms with E-state index in [9.17, 15) is 18.5 Å². The maximum Gasteiger partial charge on any atom is 0.270 e. The van der Waals surface area contributed by atoms with Crippen LogP contribution in [0.4, 0.5) is 5.69 Å². The second-order valence-electron chi connectivity index (χ2n) is 5.63. The summed E-state index contributed by atoms with van der Waals surface area (Å²) >= 11 is 5.94. The van der Waals surface area contributed by atoms with Crippen molar-refractivity contribution in [1.82, 2.24) is 15.4 Å². The Morgan fingerprint density at radius 2 is 1.86 bits per heavy atom. The van der Waals surface area contributed by atoms with Gasteiger partial charge < -0.3 is 10.6 Å². The second kappa shape index (κ2) is 11.9. The number of hydrogen-bond donors (Lipinski definition) is 3. The van der Waals surface area contributed by atoms with Crippen molar-refractivity contribution in [2.24, 2.45) is 4.99 Å². The number of guanidine groups is 1. The average molecular weight is 554 g/mol. The van der Waals surface area contributed by atoms with Crippen LogP contribution in [0.5, 0.6) is 0 Å². The lowest BCUT2D eigenvalue weighted by Crippen LogP contribution is -2.41. The first-order valence-corrected chi connectivity index (χ1v) is 10.1. The number of non-ortho nitro benzene ring substituents is 1. The van der Waals surface area contributed by atoms with Gasteiger partial charge in [0.25, 0.3) is 5.69 Å². The van der Waals surface area contributed by atoms with Gasteiger partial charge in [-0.05, 0) is 23.8 Å². The maximum absolute atomic E-state index is 12.2. The minimum Gasteiger partial charge on any atom is -0.355 e. The standard InChI is InChI=1S/C17H20ClN5O4S.HI/c1-19-17(21-12-13-4-2-5-14(18)10-13)20-8-9-22-28(26,27)16-7-3-6-15(11-16)23(24)25;/h2-7,10-11,22H,8-9,12H2,1H3,(H2,19,20,21);1H. The van der Waals surface area contributed by atoms with Gasteiger partial charge in [0.1, 0.15) is 0 Å². The molecular weight excluding hydrogens is 533 g/mol. The Morgan fingerprint density at radius 1 is 1.14 bits per heavy atom. The number of halogens is 2. The molecule has 0 saturated carbocycles. The second-order valence-corrected chi connectivity index (χ2v) is 7.84. The molecular formula is C17H21ClIN5O4S. The van der Waals surface area contributed by atoms with E-state index < -0.39 is 14.9 Å². The third-order valence-electron chi connectivity index (χ3n) is 3.62. The molecule has 12 heteroatoms. The van der Waals surface area contributed by atoms with E-state index in [0.717, 1.165) is 11.6 Å². The summed E-state index contributed by atoms with van der Waals surface area (Å²) in [5.74, 6) is 0.495. The summed E-state index contributed by atoms with van der Waals surface area (Å²) in [5.41, 5.74) is 0.688. The minimum atomic E-state index is -3.85. The number of nitro benzene ring substituents is 1. The van der Waals surface area contributed by atoms with Gasteiger partial charge in [-0.3, -0.25) is 15.1 Å². The molecule has 0 aliphatic heterocycles. The Morgan fingerprint density at radius 3 is 2.52 bits per heavy atom. The van der Waals surface area contributed by atoms with Gasteiger partial charge in [0, 0.05) is 43.8 Å². The van der Waals surface area contributed by atoms with E-state index in [1.165, 1.54) is 18.2 Å². The van der Waals surface area contributed by atoms with E-state index in [0.29, 0.717) is 17.5 Å². The van der Waals surface area contributed by atoms with Crippen LogP contribution in [0.15, 0.2) is 58.4 Å². The monoisotopic (exact) mass is 553 g/mol. The molecule has 2 aromatic carbocycles. The number of nitrogens with one attached hydrogen (secondary N) is 3. The molecule has 0 heterocycles. The van der Waals surface area contributed by atoms with Crippen molar-refractivity contribution < 1.29 is 13.3 Å². The Balaban J connectivity index is 0.00000420. The predicted octanol–water partition coefficient (Wildman–Crippen LogP) is 2.51. The van der Waals surface area contributed by atoms with Crippen molar-refractivity contribution in [2.75, 3.05) is 20.1 Å². The summed E-state index contributed by atoms with van der Waals surface area (Å²) in [6.07, 6.45) is 0. The van der Waals surface area contributed by atoms with Crippen LogP contribution in [0.1, 0.15) is 5.56 Å². The highest BCUT2D eigenvalue weighted by Crippen LogP contribution is 2.16. The van der Waals surface area contributed by atoms with Crippen LogP contribution >= 0.6 is 35.6 Å². The third-order valence-corrected chi connectivity index (χ3v) is 5.31. The Kier molecular flexibility index (Phi) is 10.3. The molecule has 0 atom stereocenters. The minimum absolute atomic E-state index is 0. The van der Waals surface area contributed by atoms with E-state index in [1.54, 1.807) is 13.1 Å². The fourth-order valence-electron chi connectivity index (χ4n) is 2.27. The first kappa shape index (κ1) is 25.1. The highest BCUT2D eigenvalue weighted by molar-refractivity contribution is 14.0. The summed E-state index contributed by atoms with van der Waals surface area (Å²) in [7, 11) is -2.25. The van der Waals surface area contributed by atoms with Crippen LogP contribution in [0.25, 0.3) is 0 Å². The normalized spacial score (nSPS) is 11.4. The molecule has 2 rings (SSSR count). The van der Waals surface area contributed by atoms with E-state index in [1.807, 2.05) is 18.2 Å². The molecule has 0 spiro atoms. The van der Waals surface area contributed by atoms with E-state index in [2.05, 4.69) is 20.3 Å². The zero-order chi connectivity index (χ0) is 20.6. The summed E-state index contributed by atoms with van der Waals surface area (Å²) in [6.45, 7) is 0.839. The lowest BCUT2D eigenvalue weighted by molar-refractivity contribution is -0.385. The van der Waals surface area contributed by atoms with Gasteiger partial charge in [0.05, 0.1) is 9.82 Å². The van der Waals surface area contributed by atoms with Gasteiger partial charge in [-0.15, -0.1) is 24.0 Å². The molecule has 0 saturated heterocycles. The number of rotatable bonds is 8. The molecule has 0 unspecified atom stereocenters. The summed E-state index contributed by atoms with van der Waals surface area (Å²) in [6, 6.07) is 12.2. The lowest BCUT2D eigenvalue weighted by atomic mass is 10.2. The van der Waals surface area contributed by atoms with Crippen LogP contribution < -0.4 is 15.4 Å². The Hall–Kier alpha value is -1.96. The lowest BCUT2D eigenvalue weighted by Gasteiger charge is -2.12. The summed E-state index contributed by atoms with van der Waals surface area (Å²) in [5, 5.41) is 17.5. The number of benzene rings is 2. The Bertz CT molecular complexity index is 972. The number of hydrogen-bond acceptors (Lipinski definition) is 5. The van der Waals surface area contributed by atoms with Crippen molar-refractivity contribution >= 4 is 57.2 Å². The third kappa shape index (κ3) is 8.12. The summed E-state index contributed by atoms with van der Waals surface area (Å²) < 4.78 is 26.9. The average Bonchev–Trinajstić information content (AvgIpc) is 2.67. The van der Waals surface area contributed by atoms with E-state index >= 15 is 0 Å². The molecule has 0 aliphatic carbocycles. The van der Waals surface area contributed by atoms with Crippen LogP contribution in [0.2, 0.25) is 5.02 Å². The molecule has 3 N–H and O–H groups in total. The fourth-order valence-corrected chi connectivity index (χ4v) is 3.55. The largest absolute Gasteiger partial charge is 0.355 e. The number of sulfonamides is 1. The fraction of sp³-hybridized carbons (Fsp3) is 0.235. The highest BCUT2D eigenvalue weighted by Gasteiger charge is 2.17. The number of nitrogens with zero attached hydrogens (tertiary/aromatic N) is 2. The zero-order valence-corrected chi connectivity index (χ0v) is 19.4. The van der Waals surface area contributed by atoms with Gasteiger partial charge >= 0.3 is 0 Å².